The first-order chi connectivity index (χ1) is 8.69. The van der Waals surface area contributed by atoms with Crippen LogP contribution in [0.1, 0.15) is 30.0 Å². The first-order valence-electron chi connectivity index (χ1n) is 6.07. The van der Waals surface area contributed by atoms with Gasteiger partial charge in [-0.25, -0.2) is 4.98 Å². The fourth-order valence-electron chi connectivity index (χ4n) is 1.83. The maximum absolute atomic E-state index is 5.15. The van der Waals surface area contributed by atoms with E-state index in [-0.39, 0.29) is 0 Å². The molecule has 0 unspecified atom stereocenters. The third kappa shape index (κ3) is 3.11. The van der Waals surface area contributed by atoms with Gasteiger partial charge >= 0.3 is 0 Å². The van der Waals surface area contributed by atoms with Gasteiger partial charge in [-0.3, -0.25) is 0 Å². The van der Waals surface area contributed by atoms with Crippen LogP contribution >= 0.6 is 0 Å². The minimum absolute atomic E-state index is 0.291. The molecule has 1 aromatic heterocycles. The molecule has 0 bridgehead atoms. The highest BCUT2D eigenvalue weighted by atomic mass is 16.5. The molecule has 2 rings (SSSR count). The highest BCUT2D eigenvalue weighted by Crippen LogP contribution is 2.17. The molecule has 0 saturated heterocycles. The number of rotatable bonds is 5. The van der Waals surface area contributed by atoms with Gasteiger partial charge in [-0.1, -0.05) is 12.1 Å². The van der Waals surface area contributed by atoms with Crippen LogP contribution in [0.4, 0.5) is 0 Å². The van der Waals surface area contributed by atoms with Gasteiger partial charge in [0.2, 0.25) is 0 Å². The summed E-state index contributed by atoms with van der Waals surface area (Å²) >= 11 is 0. The van der Waals surface area contributed by atoms with E-state index >= 15 is 0 Å². The summed E-state index contributed by atoms with van der Waals surface area (Å²) in [5.41, 5.74) is 2.35. The first kappa shape index (κ1) is 12.6. The molecule has 4 heteroatoms. The van der Waals surface area contributed by atoms with Crippen molar-refractivity contribution in [3.8, 4) is 5.75 Å². The van der Waals surface area contributed by atoms with Crippen molar-refractivity contribution in [1.29, 1.82) is 0 Å². The highest BCUT2D eigenvalue weighted by molar-refractivity contribution is 5.28. The molecule has 0 aliphatic heterocycles. The normalized spacial score (nSPS) is 12.4. The number of nitrogens with one attached hydrogen (secondary N) is 2. The van der Waals surface area contributed by atoms with Gasteiger partial charge in [-0.2, -0.15) is 0 Å². The van der Waals surface area contributed by atoms with Crippen LogP contribution in [0.3, 0.4) is 0 Å². The van der Waals surface area contributed by atoms with Crippen LogP contribution in [-0.2, 0) is 6.54 Å². The van der Waals surface area contributed by atoms with E-state index in [1.165, 1.54) is 5.56 Å². The van der Waals surface area contributed by atoms with E-state index < -0.39 is 0 Å². The number of methoxy groups -OCH3 is 1. The predicted octanol–water partition coefficient (Wildman–Crippen LogP) is 2.58. The van der Waals surface area contributed by atoms with E-state index in [2.05, 4.69) is 34.3 Å². The van der Waals surface area contributed by atoms with E-state index in [1.54, 1.807) is 7.11 Å². The lowest BCUT2D eigenvalue weighted by molar-refractivity contribution is 0.414. The Morgan fingerprint density at radius 3 is 2.61 bits per heavy atom. The number of benzene rings is 1. The Hall–Kier alpha value is -1.81. The van der Waals surface area contributed by atoms with Crippen molar-refractivity contribution >= 4 is 0 Å². The number of nitrogens with zero attached hydrogens (tertiary/aromatic N) is 1. The summed E-state index contributed by atoms with van der Waals surface area (Å²) in [6.45, 7) is 4.88. The molecule has 18 heavy (non-hydrogen) atoms. The maximum atomic E-state index is 5.15. The van der Waals surface area contributed by atoms with E-state index in [0.717, 1.165) is 23.8 Å². The van der Waals surface area contributed by atoms with Crippen LogP contribution in [0, 0.1) is 6.92 Å². The second-order valence-corrected chi connectivity index (χ2v) is 4.37. The SMILES string of the molecule is COc1ccc([C@H](C)NCc2cnc(C)[nH]2)cc1. The minimum atomic E-state index is 0.291. The molecule has 4 nitrogen and oxygen atoms in total. The molecule has 0 radical (unpaired) electrons. The van der Waals surface area contributed by atoms with Crippen LogP contribution < -0.4 is 10.1 Å². The summed E-state index contributed by atoms with van der Waals surface area (Å²) < 4.78 is 5.15. The monoisotopic (exact) mass is 245 g/mol. The van der Waals surface area contributed by atoms with Crippen LogP contribution in [-0.4, -0.2) is 17.1 Å². The Bertz CT molecular complexity index is 490. The fourth-order valence-corrected chi connectivity index (χ4v) is 1.83. The molecule has 0 aliphatic carbocycles. The van der Waals surface area contributed by atoms with Gasteiger partial charge in [0.05, 0.1) is 7.11 Å². The molecule has 1 aromatic carbocycles. The number of H-pyrrole nitrogens is 1. The number of hydrogen-bond donors (Lipinski definition) is 2. The fraction of sp³-hybridized carbons (Fsp3) is 0.357. The summed E-state index contributed by atoms with van der Waals surface area (Å²) in [5.74, 6) is 1.83. The molecule has 0 spiro atoms. The van der Waals surface area contributed by atoms with Crippen molar-refractivity contribution in [2.75, 3.05) is 7.11 Å². The van der Waals surface area contributed by atoms with Crippen molar-refractivity contribution in [2.24, 2.45) is 0 Å². The molecular weight excluding hydrogens is 226 g/mol. The molecule has 2 aromatic rings. The van der Waals surface area contributed by atoms with Crippen LogP contribution in [0.2, 0.25) is 0 Å². The van der Waals surface area contributed by atoms with Gasteiger partial charge in [0.15, 0.2) is 0 Å². The van der Waals surface area contributed by atoms with Crippen molar-refractivity contribution < 1.29 is 4.74 Å². The number of aromatic amines is 1. The smallest absolute Gasteiger partial charge is 0.118 e. The topological polar surface area (TPSA) is 49.9 Å². The van der Waals surface area contributed by atoms with E-state index in [1.807, 2.05) is 25.3 Å². The molecule has 1 atom stereocenters. The van der Waals surface area contributed by atoms with Crippen LogP contribution in [0.5, 0.6) is 5.75 Å². The first-order valence-corrected chi connectivity index (χ1v) is 6.07. The molecule has 0 saturated carbocycles. The Morgan fingerprint density at radius 2 is 2.06 bits per heavy atom. The molecule has 0 fully saturated rings. The van der Waals surface area contributed by atoms with Crippen molar-refractivity contribution in [2.45, 2.75) is 26.4 Å². The van der Waals surface area contributed by atoms with E-state index in [9.17, 15) is 0 Å². The van der Waals surface area contributed by atoms with Gasteiger partial charge in [-0.05, 0) is 31.5 Å². The Morgan fingerprint density at radius 1 is 1.33 bits per heavy atom. The molecule has 0 amide bonds. The Balaban J connectivity index is 1.92. The summed E-state index contributed by atoms with van der Waals surface area (Å²) in [4.78, 5) is 7.39. The van der Waals surface area contributed by atoms with E-state index in [4.69, 9.17) is 4.74 Å². The lowest BCUT2D eigenvalue weighted by Crippen LogP contribution is -2.18. The quantitative estimate of drug-likeness (QED) is 0.851. The predicted molar refractivity (Wildman–Crippen MR) is 71.6 cm³/mol. The zero-order valence-corrected chi connectivity index (χ0v) is 11.0. The third-order valence-electron chi connectivity index (χ3n) is 2.97. The number of imidazole rings is 1. The zero-order valence-electron chi connectivity index (χ0n) is 11.0. The Labute approximate surface area is 107 Å². The lowest BCUT2D eigenvalue weighted by Gasteiger charge is -2.14. The largest absolute Gasteiger partial charge is 0.497 e. The van der Waals surface area contributed by atoms with Crippen molar-refractivity contribution in [3.05, 3.63) is 47.5 Å². The number of hydrogen-bond acceptors (Lipinski definition) is 3. The zero-order chi connectivity index (χ0) is 13.0. The third-order valence-corrected chi connectivity index (χ3v) is 2.97. The molecule has 1 heterocycles. The van der Waals surface area contributed by atoms with Gasteiger partial charge in [0, 0.05) is 24.5 Å². The number of aryl methyl sites for hydroxylation is 1. The molecular formula is C14H19N3O. The van der Waals surface area contributed by atoms with Gasteiger partial charge < -0.3 is 15.0 Å². The summed E-state index contributed by atoms with van der Waals surface area (Å²) in [6.07, 6.45) is 1.86. The second kappa shape index (κ2) is 5.69. The van der Waals surface area contributed by atoms with Crippen molar-refractivity contribution in [3.63, 3.8) is 0 Å². The Kier molecular flexibility index (Phi) is 3.99. The second-order valence-electron chi connectivity index (χ2n) is 4.37. The molecule has 96 valence electrons. The van der Waals surface area contributed by atoms with Gasteiger partial charge in [0.25, 0.3) is 0 Å². The summed E-state index contributed by atoms with van der Waals surface area (Å²) in [5, 5.41) is 3.45. The average Bonchev–Trinajstić information content (AvgIpc) is 2.82. The van der Waals surface area contributed by atoms with E-state index in [0.29, 0.717) is 6.04 Å². The lowest BCUT2D eigenvalue weighted by atomic mass is 10.1. The standard InChI is InChI=1S/C14H19N3O/c1-10(12-4-6-14(18-3)7-5-12)15-8-13-9-16-11(2)17-13/h4-7,9-10,15H,8H2,1-3H3,(H,16,17)/t10-/m0/s1. The molecule has 0 aliphatic rings. The summed E-state index contributed by atoms with van der Waals surface area (Å²) in [6, 6.07) is 8.41. The minimum Gasteiger partial charge on any atom is -0.497 e. The van der Waals surface area contributed by atoms with Crippen LogP contribution in [0.15, 0.2) is 30.5 Å². The van der Waals surface area contributed by atoms with Gasteiger partial charge in [0.1, 0.15) is 11.6 Å². The van der Waals surface area contributed by atoms with Gasteiger partial charge in [-0.15, -0.1) is 0 Å². The maximum Gasteiger partial charge on any atom is 0.118 e. The molecule has 2 N–H and O–H groups in total. The van der Waals surface area contributed by atoms with Crippen LogP contribution in [0.25, 0.3) is 0 Å². The average molecular weight is 245 g/mol. The summed E-state index contributed by atoms with van der Waals surface area (Å²) in [7, 11) is 1.68. The highest BCUT2D eigenvalue weighted by Gasteiger charge is 2.05. The number of ether oxygens (including phenoxy) is 1. The number of aromatic nitrogens is 2. The van der Waals surface area contributed by atoms with Crippen molar-refractivity contribution in [1.82, 2.24) is 15.3 Å².